The van der Waals surface area contributed by atoms with Crippen molar-refractivity contribution in [3.05, 3.63) is 47.8 Å². The minimum absolute atomic E-state index is 0. The van der Waals surface area contributed by atoms with E-state index in [0.717, 1.165) is 17.7 Å². The van der Waals surface area contributed by atoms with Crippen molar-refractivity contribution in [2.75, 3.05) is 20.1 Å². The molecule has 2 heterocycles. The van der Waals surface area contributed by atoms with Gasteiger partial charge in [0.05, 0.1) is 12.1 Å². The van der Waals surface area contributed by atoms with E-state index in [0.29, 0.717) is 13.1 Å². The van der Waals surface area contributed by atoms with Gasteiger partial charge in [-0.1, -0.05) is 12.1 Å². The summed E-state index contributed by atoms with van der Waals surface area (Å²) in [5.74, 6) is 0.109. The highest BCUT2D eigenvalue weighted by atomic mass is 35.5. The van der Waals surface area contributed by atoms with Crippen molar-refractivity contribution in [3.63, 3.8) is 0 Å². The maximum Gasteiger partial charge on any atom is 0.387 e. The van der Waals surface area contributed by atoms with Gasteiger partial charge in [0, 0.05) is 45.8 Å². The zero-order valence-electron chi connectivity index (χ0n) is 15.1. The van der Waals surface area contributed by atoms with Gasteiger partial charge in [-0.15, -0.1) is 12.4 Å². The number of halogens is 3. The van der Waals surface area contributed by atoms with E-state index in [1.807, 2.05) is 13.2 Å². The van der Waals surface area contributed by atoms with E-state index in [9.17, 15) is 13.6 Å². The summed E-state index contributed by atoms with van der Waals surface area (Å²) in [6.45, 7) is -1.06. The number of aryl methyl sites for hydroxylation is 1. The molecule has 9 heteroatoms. The summed E-state index contributed by atoms with van der Waals surface area (Å²) >= 11 is 0. The van der Waals surface area contributed by atoms with Crippen molar-refractivity contribution in [3.8, 4) is 5.75 Å². The van der Waals surface area contributed by atoms with E-state index < -0.39 is 6.61 Å². The van der Waals surface area contributed by atoms with Gasteiger partial charge in [0.25, 0.3) is 0 Å². The molecule has 27 heavy (non-hydrogen) atoms. The molecule has 2 atom stereocenters. The van der Waals surface area contributed by atoms with Gasteiger partial charge in [0.15, 0.2) is 0 Å². The number of benzene rings is 1. The van der Waals surface area contributed by atoms with Crippen LogP contribution < -0.4 is 10.1 Å². The molecule has 1 N–H and O–H groups in total. The van der Waals surface area contributed by atoms with Crippen molar-refractivity contribution in [2.45, 2.75) is 19.1 Å². The number of amides is 1. The van der Waals surface area contributed by atoms with Gasteiger partial charge in [-0.25, -0.2) is 0 Å². The summed E-state index contributed by atoms with van der Waals surface area (Å²) in [4.78, 5) is 14.6. The van der Waals surface area contributed by atoms with Crippen molar-refractivity contribution >= 4 is 18.3 Å². The fourth-order valence-electron chi connectivity index (χ4n) is 3.33. The van der Waals surface area contributed by atoms with Crippen molar-refractivity contribution in [1.29, 1.82) is 0 Å². The van der Waals surface area contributed by atoms with Crippen LogP contribution in [0.3, 0.4) is 0 Å². The van der Waals surface area contributed by atoms with Crippen LogP contribution in [0, 0.1) is 5.92 Å². The number of hydrogen-bond donors (Lipinski definition) is 1. The van der Waals surface area contributed by atoms with Crippen LogP contribution in [0.2, 0.25) is 0 Å². The molecule has 1 aliphatic rings. The zero-order chi connectivity index (χ0) is 18.7. The summed E-state index contributed by atoms with van der Waals surface area (Å²) in [6.07, 6.45) is 3.75. The lowest BCUT2D eigenvalue weighted by Crippen LogP contribution is -2.35. The molecule has 148 valence electrons. The molecule has 0 spiro atoms. The standard InChI is InChI=1S/C18H22F2N4O2.ClH/c1-23(10-12-3-5-14(6-4-12)26-18(19)20)17(25)16-9-21-8-15(16)13-7-22-24(2)11-13;/h3-7,11,15-16,18,21H,8-10H2,1-2H3;1H/t15-,16+;/m1./s1. The van der Waals surface area contributed by atoms with Gasteiger partial charge in [0.2, 0.25) is 5.91 Å². The molecular weight excluding hydrogens is 378 g/mol. The summed E-state index contributed by atoms with van der Waals surface area (Å²) in [6, 6.07) is 6.34. The zero-order valence-corrected chi connectivity index (χ0v) is 16.0. The van der Waals surface area contributed by atoms with Crippen molar-refractivity contribution < 1.29 is 18.3 Å². The van der Waals surface area contributed by atoms with Crippen molar-refractivity contribution in [1.82, 2.24) is 20.0 Å². The predicted molar refractivity (Wildman–Crippen MR) is 99.1 cm³/mol. The Kier molecular flexibility index (Phi) is 7.15. The molecule has 0 unspecified atom stereocenters. The van der Waals surface area contributed by atoms with Gasteiger partial charge in [0.1, 0.15) is 5.75 Å². The van der Waals surface area contributed by atoms with E-state index in [4.69, 9.17) is 0 Å². The molecule has 1 amide bonds. The molecule has 0 saturated carbocycles. The highest BCUT2D eigenvalue weighted by molar-refractivity contribution is 5.85. The number of alkyl halides is 2. The first kappa shape index (κ1) is 21.1. The highest BCUT2D eigenvalue weighted by Gasteiger charge is 2.36. The van der Waals surface area contributed by atoms with E-state index >= 15 is 0 Å². The lowest BCUT2D eigenvalue weighted by Gasteiger charge is -2.24. The monoisotopic (exact) mass is 400 g/mol. The summed E-state index contributed by atoms with van der Waals surface area (Å²) in [5, 5.41) is 7.48. The van der Waals surface area contributed by atoms with Crippen LogP contribution in [0.15, 0.2) is 36.7 Å². The third kappa shape index (κ3) is 5.17. The van der Waals surface area contributed by atoms with Crippen LogP contribution >= 0.6 is 12.4 Å². The third-order valence-corrected chi connectivity index (χ3v) is 4.63. The van der Waals surface area contributed by atoms with E-state index in [-0.39, 0.29) is 35.9 Å². The molecule has 1 aromatic heterocycles. The van der Waals surface area contributed by atoms with Crippen LogP contribution in [0.25, 0.3) is 0 Å². The third-order valence-electron chi connectivity index (χ3n) is 4.63. The van der Waals surface area contributed by atoms with E-state index in [2.05, 4.69) is 15.2 Å². The number of rotatable bonds is 6. The Morgan fingerprint density at radius 2 is 2.07 bits per heavy atom. The second kappa shape index (κ2) is 9.14. The minimum Gasteiger partial charge on any atom is -0.435 e. The molecular formula is C18H23ClF2N4O2. The molecule has 3 rings (SSSR count). The smallest absolute Gasteiger partial charge is 0.387 e. The van der Waals surface area contributed by atoms with E-state index in [1.165, 1.54) is 12.1 Å². The molecule has 1 aromatic carbocycles. The number of hydrogen-bond acceptors (Lipinski definition) is 4. The number of nitrogens with zero attached hydrogens (tertiary/aromatic N) is 3. The largest absolute Gasteiger partial charge is 0.435 e. The SMILES string of the molecule is CN(Cc1ccc(OC(F)F)cc1)C(=O)[C@H]1CNC[C@@H]1c1cnn(C)c1.Cl. The maximum absolute atomic E-state index is 12.9. The number of aromatic nitrogens is 2. The predicted octanol–water partition coefficient (Wildman–Crippen LogP) is 2.40. The second-order valence-electron chi connectivity index (χ2n) is 6.54. The molecule has 1 aliphatic heterocycles. The van der Waals surface area contributed by atoms with Gasteiger partial charge in [-0.2, -0.15) is 13.9 Å². The lowest BCUT2D eigenvalue weighted by molar-refractivity contribution is -0.134. The minimum atomic E-state index is -2.84. The van der Waals surface area contributed by atoms with Gasteiger partial charge >= 0.3 is 6.61 Å². The Morgan fingerprint density at radius 1 is 1.37 bits per heavy atom. The first-order valence-corrected chi connectivity index (χ1v) is 8.42. The Labute approximate surface area is 162 Å². The fourth-order valence-corrected chi connectivity index (χ4v) is 3.33. The van der Waals surface area contributed by atoms with Crippen molar-refractivity contribution in [2.24, 2.45) is 13.0 Å². The molecule has 0 bridgehead atoms. The van der Waals surface area contributed by atoms with Gasteiger partial charge in [-0.05, 0) is 23.3 Å². The molecule has 1 fully saturated rings. The Hall–Kier alpha value is -2.19. The lowest BCUT2D eigenvalue weighted by atomic mass is 9.90. The maximum atomic E-state index is 12.9. The topological polar surface area (TPSA) is 59.4 Å². The highest BCUT2D eigenvalue weighted by Crippen LogP contribution is 2.29. The Bertz CT molecular complexity index is 754. The summed E-state index contributed by atoms with van der Waals surface area (Å²) in [5.41, 5.74) is 1.91. The average Bonchev–Trinajstić information content (AvgIpc) is 3.24. The number of carbonyl (C=O) groups excluding carboxylic acids is 1. The fraction of sp³-hybridized carbons (Fsp3) is 0.444. The van der Waals surface area contributed by atoms with E-state index in [1.54, 1.807) is 35.0 Å². The van der Waals surface area contributed by atoms with Crippen LogP contribution in [0.4, 0.5) is 8.78 Å². The molecule has 1 saturated heterocycles. The quantitative estimate of drug-likeness (QED) is 0.809. The van der Waals surface area contributed by atoms with Crippen LogP contribution in [0.5, 0.6) is 5.75 Å². The number of ether oxygens (including phenoxy) is 1. The summed E-state index contributed by atoms with van der Waals surface area (Å²) in [7, 11) is 3.61. The van der Waals surface area contributed by atoms with Crippen LogP contribution in [-0.4, -0.2) is 47.3 Å². The Balaban J connectivity index is 0.00000261. The van der Waals surface area contributed by atoms with Gasteiger partial charge < -0.3 is 15.0 Å². The number of nitrogens with one attached hydrogen (secondary N) is 1. The molecule has 0 radical (unpaired) electrons. The van der Waals surface area contributed by atoms with Gasteiger partial charge in [-0.3, -0.25) is 9.48 Å². The summed E-state index contributed by atoms with van der Waals surface area (Å²) < 4.78 is 30.5. The van der Waals surface area contributed by atoms with Crippen LogP contribution in [0.1, 0.15) is 17.0 Å². The second-order valence-corrected chi connectivity index (χ2v) is 6.54. The molecule has 0 aliphatic carbocycles. The number of carbonyl (C=O) groups is 1. The molecule has 6 nitrogen and oxygen atoms in total. The average molecular weight is 401 g/mol. The normalized spacial score (nSPS) is 19.0. The first-order chi connectivity index (χ1) is 12.4. The first-order valence-electron chi connectivity index (χ1n) is 8.42. The molecule has 2 aromatic rings. The Morgan fingerprint density at radius 3 is 2.67 bits per heavy atom. The van der Waals surface area contributed by atoms with Crippen LogP contribution in [-0.2, 0) is 18.4 Å².